The van der Waals surface area contributed by atoms with Gasteiger partial charge in [0.2, 0.25) is 5.91 Å². The Labute approximate surface area is 91.2 Å². The second-order valence-electron chi connectivity index (χ2n) is 4.05. The molecule has 4 heteroatoms. The molecule has 14 heavy (non-hydrogen) atoms. The van der Waals surface area contributed by atoms with E-state index in [0.29, 0.717) is 12.5 Å². The molecule has 1 unspecified atom stereocenters. The van der Waals surface area contributed by atoms with Gasteiger partial charge in [-0.3, -0.25) is 4.79 Å². The van der Waals surface area contributed by atoms with Crippen molar-refractivity contribution in [1.82, 2.24) is 5.32 Å². The van der Waals surface area contributed by atoms with Crippen LogP contribution < -0.4 is 5.32 Å². The Kier molecular flexibility index (Phi) is 6.12. The fraction of sp³-hybridized carbons (Fsp3) is 0.900. The summed E-state index contributed by atoms with van der Waals surface area (Å²) in [6.45, 7) is 6.21. The largest absolute Gasteiger partial charge is 0.383 e. The molecule has 84 valence electrons. The maximum Gasteiger partial charge on any atom is 0.227 e. The van der Waals surface area contributed by atoms with Crippen molar-refractivity contribution < 1.29 is 9.53 Å². The van der Waals surface area contributed by atoms with Crippen molar-refractivity contribution in [1.29, 1.82) is 0 Å². The van der Waals surface area contributed by atoms with Crippen molar-refractivity contribution in [2.45, 2.75) is 33.2 Å². The van der Waals surface area contributed by atoms with E-state index in [9.17, 15) is 4.79 Å². The number of ether oxygens (including phenoxy) is 1. The van der Waals surface area contributed by atoms with Crippen LogP contribution in [-0.2, 0) is 9.53 Å². The number of nitrogens with one attached hydrogen (secondary N) is 1. The van der Waals surface area contributed by atoms with Crippen LogP contribution in [0.25, 0.3) is 0 Å². The van der Waals surface area contributed by atoms with Crippen LogP contribution in [0.3, 0.4) is 0 Å². The van der Waals surface area contributed by atoms with Crippen molar-refractivity contribution in [2.24, 2.45) is 5.41 Å². The van der Waals surface area contributed by atoms with E-state index in [4.69, 9.17) is 16.3 Å². The van der Waals surface area contributed by atoms with Gasteiger partial charge in [0.25, 0.3) is 0 Å². The van der Waals surface area contributed by atoms with Crippen molar-refractivity contribution in [3.63, 3.8) is 0 Å². The first-order valence-corrected chi connectivity index (χ1v) is 5.37. The molecule has 1 amide bonds. The average molecular weight is 222 g/mol. The third-order valence-electron chi connectivity index (χ3n) is 2.14. The van der Waals surface area contributed by atoms with Gasteiger partial charge in [-0.2, -0.15) is 0 Å². The lowest BCUT2D eigenvalue weighted by Crippen LogP contribution is -2.45. The standard InChI is InChI=1S/C10H20ClNO2/c1-5-8(6-14-4)12-9(13)10(2,3)7-11/h8H,5-7H2,1-4H3,(H,12,13). The summed E-state index contributed by atoms with van der Waals surface area (Å²) in [6.07, 6.45) is 0.859. The van der Waals surface area contributed by atoms with Gasteiger partial charge in [0.05, 0.1) is 18.1 Å². The molecule has 3 nitrogen and oxygen atoms in total. The predicted molar refractivity (Wildman–Crippen MR) is 58.6 cm³/mol. The highest BCUT2D eigenvalue weighted by Crippen LogP contribution is 2.17. The molecule has 0 fully saturated rings. The number of hydrogen-bond donors (Lipinski definition) is 1. The number of hydrogen-bond acceptors (Lipinski definition) is 2. The summed E-state index contributed by atoms with van der Waals surface area (Å²) >= 11 is 5.70. The Morgan fingerprint density at radius 2 is 2.14 bits per heavy atom. The van der Waals surface area contributed by atoms with Gasteiger partial charge >= 0.3 is 0 Å². The van der Waals surface area contributed by atoms with Crippen molar-refractivity contribution in [3.8, 4) is 0 Å². The van der Waals surface area contributed by atoms with Gasteiger partial charge in [0.1, 0.15) is 0 Å². The van der Waals surface area contributed by atoms with Gasteiger partial charge in [-0.1, -0.05) is 6.92 Å². The number of rotatable bonds is 6. The number of carbonyl (C=O) groups is 1. The third-order valence-corrected chi connectivity index (χ3v) is 2.81. The number of alkyl halides is 1. The maximum absolute atomic E-state index is 11.7. The lowest BCUT2D eigenvalue weighted by Gasteiger charge is -2.24. The van der Waals surface area contributed by atoms with Crippen LogP contribution in [0.5, 0.6) is 0 Å². The maximum atomic E-state index is 11.7. The molecule has 1 atom stereocenters. The first-order valence-electron chi connectivity index (χ1n) is 4.83. The summed E-state index contributed by atoms with van der Waals surface area (Å²) in [5.74, 6) is 0.304. The smallest absolute Gasteiger partial charge is 0.227 e. The number of methoxy groups -OCH3 is 1. The summed E-state index contributed by atoms with van der Waals surface area (Å²) < 4.78 is 4.99. The molecule has 0 radical (unpaired) electrons. The molecule has 0 aliphatic carbocycles. The van der Waals surface area contributed by atoms with Crippen molar-refractivity contribution in [3.05, 3.63) is 0 Å². The normalized spacial score (nSPS) is 13.8. The average Bonchev–Trinajstić information content (AvgIpc) is 2.16. The molecular weight excluding hydrogens is 202 g/mol. The summed E-state index contributed by atoms with van der Waals surface area (Å²) in [6, 6.07) is 0.0787. The zero-order valence-corrected chi connectivity index (χ0v) is 10.1. The minimum Gasteiger partial charge on any atom is -0.383 e. The van der Waals surface area contributed by atoms with Crippen LogP contribution in [0.2, 0.25) is 0 Å². The first-order chi connectivity index (χ1) is 6.47. The van der Waals surface area contributed by atoms with Crippen molar-refractivity contribution in [2.75, 3.05) is 19.6 Å². The highest BCUT2D eigenvalue weighted by atomic mass is 35.5. The second kappa shape index (κ2) is 6.25. The molecule has 0 bridgehead atoms. The van der Waals surface area contributed by atoms with Gasteiger partial charge in [0.15, 0.2) is 0 Å². The molecule has 0 spiro atoms. The van der Waals surface area contributed by atoms with Crippen LogP contribution in [0.15, 0.2) is 0 Å². The van der Waals surface area contributed by atoms with E-state index in [1.165, 1.54) is 0 Å². The molecule has 0 saturated heterocycles. The molecule has 0 rings (SSSR count). The number of amides is 1. The zero-order chi connectivity index (χ0) is 11.2. The Hall–Kier alpha value is -0.280. The van der Waals surface area contributed by atoms with Crippen molar-refractivity contribution >= 4 is 17.5 Å². The minimum absolute atomic E-state index is 0.0172. The van der Waals surface area contributed by atoms with Gasteiger partial charge in [-0.15, -0.1) is 11.6 Å². The molecule has 0 aromatic rings. The van der Waals surface area contributed by atoms with E-state index in [2.05, 4.69) is 5.32 Å². The molecule has 1 N–H and O–H groups in total. The Balaban J connectivity index is 4.15. The number of halogens is 1. The predicted octanol–water partition coefficient (Wildman–Crippen LogP) is 1.79. The monoisotopic (exact) mass is 221 g/mol. The summed E-state index contributed by atoms with van der Waals surface area (Å²) in [7, 11) is 1.63. The van der Waals surface area contributed by atoms with Crippen LogP contribution in [-0.4, -0.2) is 31.5 Å². The summed E-state index contributed by atoms with van der Waals surface area (Å²) in [5, 5.41) is 2.91. The van der Waals surface area contributed by atoms with E-state index in [1.54, 1.807) is 7.11 Å². The van der Waals surface area contributed by atoms with E-state index < -0.39 is 5.41 Å². The zero-order valence-electron chi connectivity index (χ0n) is 9.39. The van der Waals surface area contributed by atoms with E-state index in [1.807, 2.05) is 20.8 Å². The topological polar surface area (TPSA) is 38.3 Å². The highest BCUT2D eigenvalue weighted by molar-refractivity contribution is 6.19. The van der Waals surface area contributed by atoms with Gasteiger partial charge in [-0.05, 0) is 20.3 Å². The van der Waals surface area contributed by atoms with Gasteiger partial charge in [0, 0.05) is 13.0 Å². The molecule has 0 aromatic heterocycles. The second-order valence-corrected chi connectivity index (χ2v) is 4.32. The molecule has 0 aliphatic heterocycles. The van der Waals surface area contributed by atoms with Gasteiger partial charge < -0.3 is 10.1 Å². The molecule has 0 aromatic carbocycles. The molecule has 0 saturated carbocycles. The van der Waals surface area contributed by atoms with Crippen LogP contribution in [0.4, 0.5) is 0 Å². The summed E-state index contributed by atoms with van der Waals surface area (Å²) in [4.78, 5) is 11.7. The Bertz CT molecular complexity index is 183. The van der Waals surface area contributed by atoms with E-state index in [0.717, 1.165) is 6.42 Å². The molecule has 0 heterocycles. The molecule has 0 aliphatic rings. The molecular formula is C10H20ClNO2. The SMILES string of the molecule is CCC(COC)NC(=O)C(C)(C)CCl. The minimum atomic E-state index is -0.511. The van der Waals surface area contributed by atoms with Crippen LogP contribution >= 0.6 is 11.6 Å². The highest BCUT2D eigenvalue weighted by Gasteiger charge is 2.27. The first kappa shape index (κ1) is 13.7. The van der Waals surface area contributed by atoms with Crippen LogP contribution in [0, 0.1) is 5.41 Å². The lowest BCUT2D eigenvalue weighted by atomic mass is 9.94. The number of carbonyl (C=O) groups excluding carboxylic acids is 1. The fourth-order valence-electron chi connectivity index (χ4n) is 0.904. The van der Waals surface area contributed by atoms with E-state index >= 15 is 0 Å². The Morgan fingerprint density at radius 1 is 1.57 bits per heavy atom. The van der Waals surface area contributed by atoms with Crippen LogP contribution in [0.1, 0.15) is 27.2 Å². The third kappa shape index (κ3) is 4.29. The summed E-state index contributed by atoms with van der Waals surface area (Å²) in [5.41, 5.74) is -0.511. The lowest BCUT2D eigenvalue weighted by molar-refractivity contribution is -0.129. The Morgan fingerprint density at radius 3 is 2.50 bits per heavy atom. The fourth-order valence-corrected chi connectivity index (χ4v) is 1.03. The van der Waals surface area contributed by atoms with E-state index in [-0.39, 0.29) is 11.9 Å². The van der Waals surface area contributed by atoms with Gasteiger partial charge in [-0.25, -0.2) is 0 Å². The quantitative estimate of drug-likeness (QED) is 0.695.